The van der Waals surface area contributed by atoms with Crippen LogP contribution in [0.25, 0.3) is 10.9 Å². The Hall–Kier alpha value is -2.67. The van der Waals surface area contributed by atoms with Crippen LogP contribution in [-0.4, -0.2) is 51.0 Å². The highest BCUT2D eigenvalue weighted by Crippen LogP contribution is 2.13. The van der Waals surface area contributed by atoms with Crippen molar-refractivity contribution in [1.82, 2.24) is 24.5 Å². The van der Waals surface area contributed by atoms with Crippen LogP contribution in [0.5, 0.6) is 0 Å². The summed E-state index contributed by atoms with van der Waals surface area (Å²) in [6, 6.07) is 7.98. The summed E-state index contributed by atoms with van der Waals surface area (Å²) in [6.45, 7) is 2.25. The van der Waals surface area contributed by atoms with Crippen molar-refractivity contribution in [1.29, 1.82) is 0 Å². The molecule has 3 rings (SSSR count). The van der Waals surface area contributed by atoms with Gasteiger partial charge in [-0.1, -0.05) is 18.2 Å². The Morgan fingerprint density at radius 3 is 2.83 bits per heavy atom. The number of carbonyl (C=O) groups excluding carboxylic acids is 1. The fraction of sp³-hybridized carbons (Fsp3) is 0.353. The third-order valence-corrected chi connectivity index (χ3v) is 3.80. The lowest BCUT2D eigenvalue weighted by atomic mass is 10.2. The van der Waals surface area contributed by atoms with Crippen molar-refractivity contribution < 1.29 is 4.79 Å². The predicted octanol–water partition coefficient (Wildman–Crippen LogP) is 1.82. The van der Waals surface area contributed by atoms with Crippen LogP contribution in [0.15, 0.2) is 42.9 Å². The lowest BCUT2D eigenvalue weighted by Gasteiger charge is -2.08. The average molecular weight is 326 g/mol. The van der Waals surface area contributed by atoms with Crippen molar-refractivity contribution in [2.75, 3.05) is 26.0 Å². The van der Waals surface area contributed by atoms with Gasteiger partial charge in [0.2, 0.25) is 5.91 Å². The number of rotatable bonds is 7. The van der Waals surface area contributed by atoms with E-state index in [1.54, 1.807) is 6.20 Å². The van der Waals surface area contributed by atoms with Crippen molar-refractivity contribution in [3.63, 3.8) is 0 Å². The Morgan fingerprint density at radius 1 is 1.17 bits per heavy atom. The zero-order valence-corrected chi connectivity index (χ0v) is 14.0. The number of benzene rings is 1. The highest BCUT2D eigenvalue weighted by molar-refractivity contribution is 5.90. The zero-order valence-electron chi connectivity index (χ0n) is 14.0. The molecule has 0 aliphatic carbocycles. The van der Waals surface area contributed by atoms with Crippen LogP contribution in [0.1, 0.15) is 6.42 Å². The molecule has 7 nitrogen and oxygen atoms in total. The minimum Gasteiger partial charge on any atom is -0.323 e. The minimum absolute atomic E-state index is 0.0401. The van der Waals surface area contributed by atoms with Gasteiger partial charge in [0.05, 0.1) is 36.7 Å². The topological polar surface area (TPSA) is 68.0 Å². The van der Waals surface area contributed by atoms with E-state index in [1.165, 1.54) is 0 Å². The normalized spacial score (nSPS) is 11.3. The largest absolute Gasteiger partial charge is 0.323 e. The molecule has 2 heterocycles. The highest BCUT2D eigenvalue weighted by Gasteiger charge is 2.07. The van der Waals surface area contributed by atoms with E-state index in [-0.39, 0.29) is 5.91 Å². The first kappa shape index (κ1) is 16.2. The van der Waals surface area contributed by atoms with E-state index in [0.29, 0.717) is 13.0 Å². The first-order valence-corrected chi connectivity index (χ1v) is 7.99. The van der Waals surface area contributed by atoms with Crippen molar-refractivity contribution in [2.45, 2.75) is 19.5 Å². The average Bonchev–Trinajstić information content (AvgIpc) is 3.18. The molecule has 0 fully saturated rings. The monoisotopic (exact) mass is 326 g/mol. The van der Waals surface area contributed by atoms with Gasteiger partial charge in [-0.05, 0) is 20.2 Å². The van der Waals surface area contributed by atoms with Crippen LogP contribution in [0.3, 0.4) is 0 Å². The van der Waals surface area contributed by atoms with Gasteiger partial charge in [0.1, 0.15) is 0 Å². The molecular formula is C17H22N6O. The van der Waals surface area contributed by atoms with Gasteiger partial charge >= 0.3 is 0 Å². The molecule has 24 heavy (non-hydrogen) atoms. The molecule has 0 aliphatic rings. The summed E-state index contributed by atoms with van der Waals surface area (Å²) >= 11 is 0. The maximum absolute atomic E-state index is 12.1. The second-order valence-corrected chi connectivity index (χ2v) is 6.02. The van der Waals surface area contributed by atoms with Gasteiger partial charge in [-0.2, -0.15) is 10.2 Å². The number of fused-ring (bicyclic) bond motifs is 1. The number of anilines is 1. The molecule has 0 unspecified atom stereocenters. The number of aromatic nitrogens is 4. The van der Waals surface area contributed by atoms with Crippen molar-refractivity contribution in [3.05, 3.63) is 42.9 Å². The van der Waals surface area contributed by atoms with Gasteiger partial charge < -0.3 is 10.2 Å². The maximum Gasteiger partial charge on any atom is 0.226 e. The molecule has 0 atom stereocenters. The Bertz CT molecular complexity index is 819. The van der Waals surface area contributed by atoms with Gasteiger partial charge in [-0.3, -0.25) is 14.2 Å². The predicted molar refractivity (Wildman–Crippen MR) is 93.8 cm³/mol. The fourth-order valence-corrected chi connectivity index (χ4v) is 2.49. The molecule has 3 aromatic rings. The lowest BCUT2D eigenvalue weighted by molar-refractivity contribution is -0.116. The van der Waals surface area contributed by atoms with Crippen LogP contribution in [0.2, 0.25) is 0 Å². The van der Waals surface area contributed by atoms with Crippen molar-refractivity contribution >= 4 is 22.5 Å². The summed E-state index contributed by atoms with van der Waals surface area (Å²) in [4.78, 5) is 14.2. The molecule has 2 aromatic heterocycles. The Morgan fingerprint density at radius 2 is 2.00 bits per heavy atom. The summed E-state index contributed by atoms with van der Waals surface area (Å²) in [7, 11) is 4.04. The van der Waals surface area contributed by atoms with E-state index in [1.807, 2.05) is 60.1 Å². The summed E-state index contributed by atoms with van der Waals surface area (Å²) in [5.74, 6) is -0.0401. The Balaban J connectivity index is 1.52. The third kappa shape index (κ3) is 3.99. The molecule has 0 radical (unpaired) electrons. The van der Waals surface area contributed by atoms with Gasteiger partial charge in [0.25, 0.3) is 0 Å². The fourth-order valence-electron chi connectivity index (χ4n) is 2.49. The maximum atomic E-state index is 12.1. The van der Waals surface area contributed by atoms with Gasteiger partial charge in [0, 0.05) is 24.5 Å². The van der Waals surface area contributed by atoms with E-state index in [9.17, 15) is 4.79 Å². The van der Waals surface area contributed by atoms with Crippen LogP contribution in [0, 0.1) is 0 Å². The van der Waals surface area contributed by atoms with E-state index in [0.717, 1.165) is 29.7 Å². The lowest BCUT2D eigenvalue weighted by Crippen LogP contribution is -2.18. The number of likely N-dealkylation sites (N-methyl/N-ethyl adjacent to an activating group) is 1. The Labute approximate surface area is 140 Å². The molecule has 1 N–H and O–H groups in total. The van der Waals surface area contributed by atoms with E-state index >= 15 is 0 Å². The molecule has 126 valence electrons. The van der Waals surface area contributed by atoms with Crippen LogP contribution < -0.4 is 5.32 Å². The molecule has 0 saturated heterocycles. The van der Waals surface area contributed by atoms with Crippen molar-refractivity contribution in [3.8, 4) is 0 Å². The number of carbonyl (C=O) groups is 1. The smallest absolute Gasteiger partial charge is 0.226 e. The number of amides is 1. The summed E-state index contributed by atoms with van der Waals surface area (Å²) in [6.07, 6.45) is 5.72. The molecule has 0 bridgehead atoms. The molecular weight excluding hydrogens is 304 g/mol. The van der Waals surface area contributed by atoms with Gasteiger partial charge in [-0.15, -0.1) is 0 Å². The molecule has 7 heteroatoms. The summed E-state index contributed by atoms with van der Waals surface area (Å²) in [5, 5.41) is 12.6. The van der Waals surface area contributed by atoms with Crippen LogP contribution in [0.4, 0.5) is 5.69 Å². The van der Waals surface area contributed by atoms with E-state index in [4.69, 9.17) is 0 Å². The molecule has 0 spiro atoms. The molecule has 0 saturated carbocycles. The number of nitrogens with zero attached hydrogens (tertiary/aromatic N) is 5. The Kier molecular flexibility index (Phi) is 4.90. The highest BCUT2D eigenvalue weighted by atomic mass is 16.1. The number of para-hydroxylation sites is 1. The van der Waals surface area contributed by atoms with Crippen LogP contribution in [-0.2, 0) is 17.9 Å². The van der Waals surface area contributed by atoms with E-state index < -0.39 is 0 Å². The SMILES string of the molecule is CN(C)CCn1cc(NC(=O)CCn2ncc3ccccc32)cn1. The number of nitrogens with one attached hydrogen (secondary N) is 1. The molecule has 0 aliphatic heterocycles. The number of hydrogen-bond donors (Lipinski definition) is 1. The molecule has 1 aromatic carbocycles. The number of hydrogen-bond acceptors (Lipinski definition) is 4. The minimum atomic E-state index is -0.0401. The standard InChI is InChI=1S/C17H22N6O/c1-21(2)9-10-22-13-15(12-18-22)20-17(24)7-8-23-16-6-4-3-5-14(16)11-19-23/h3-6,11-13H,7-10H2,1-2H3,(H,20,24). The second kappa shape index (κ2) is 7.27. The first-order chi connectivity index (χ1) is 11.6. The van der Waals surface area contributed by atoms with Crippen LogP contribution >= 0.6 is 0 Å². The molecule has 1 amide bonds. The van der Waals surface area contributed by atoms with Gasteiger partial charge in [-0.25, -0.2) is 0 Å². The first-order valence-electron chi connectivity index (χ1n) is 7.99. The number of aryl methyl sites for hydroxylation is 1. The quantitative estimate of drug-likeness (QED) is 0.719. The van der Waals surface area contributed by atoms with E-state index in [2.05, 4.69) is 20.4 Å². The summed E-state index contributed by atoms with van der Waals surface area (Å²) in [5.41, 5.74) is 1.77. The third-order valence-electron chi connectivity index (χ3n) is 3.80. The second-order valence-electron chi connectivity index (χ2n) is 6.02. The summed E-state index contributed by atoms with van der Waals surface area (Å²) < 4.78 is 3.69. The van der Waals surface area contributed by atoms with Gasteiger partial charge in [0.15, 0.2) is 0 Å². The zero-order chi connectivity index (χ0) is 16.9. The van der Waals surface area contributed by atoms with Crippen molar-refractivity contribution in [2.24, 2.45) is 0 Å².